The van der Waals surface area contributed by atoms with E-state index in [2.05, 4.69) is 13.8 Å². The van der Waals surface area contributed by atoms with E-state index in [1.54, 1.807) is 6.92 Å². The summed E-state index contributed by atoms with van der Waals surface area (Å²) < 4.78 is 5.71. The largest absolute Gasteiger partial charge is 0.493 e. The van der Waals surface area contributed by atoms with Crippen LogP contribution in [0.25, 0.3) is 0 Å². The van der Waals surface area contributed by atoms with E-state index >= 15 is 0 Å². The first-order chi connectivity index (χ1) is 7.50. The molecule has 16 heavy (non-hydrogen) atoms. The Balaban J connectivity index is 2.53. The van der Waals surface area contributed by atoms with Crippen molar-refractivity contribution in [1.29, 1.82) is 0 Å². The summed E-state index contributed by atoms with van der Waals surface area (Å²) in [6.45, 7) is 6.80. The molecule has 0 spiro atoms. The molecule has 0 radical (unpaired) electrons. The zero-order valence-electron chi connectivity index (χ0n) is 10.2. The van der Waals surface area contributed by atoms with Crippen LogP contribution < -0.4 is 4.74 Å². The van der Waals surface area contributed by atoms with Gasteiger partial charge in [-0.15, -0.1) is 0 Å². The summed E-state index contributed by atoms with van der Waals surface area (Å²) in [7, 11) is 0. The fraction of sp³-hybridized carbons (Fsp3) is 0.500. The topological polar surface area (TPSA) is 26.3 Å². The van der Waals surface area contributed by atoms with Gasteiger partial charge in [-0.1, -0.05) is 13.8 Å². The second-order valence-corrected chi connectivity index (χ2v) is 5.10. The van der Waals surface area contributed by atoms with Gasteiger partial charge >= 0.3 is 0 Å². The zero-order chi connectivity index (χ0) is 11.8. The lowest BCUT2D eigenvalue weighted by Gasteiger charge is -2.24. The number of ketones is 1. The maximum atomic E-state index is 11.4. The Bertz CT molecular complexity index is 419. The van der Waals surface area contributed by atoms with Crippen molar-refractivity contribution in [2.75, 3.05) is 6.61 Å². The lowest BCUT2D eigenvalue weighted by molar-refractivity contribution is 0.101. The molecule has 0 N–H and O–H groups in total. The molecule has 0 bridgehead atoms. The summed E-state index contributed by atoms with van der Waals surface area (Å²) in [5.74, 6) is 1.05. The van der Waals surface area contributed by atoms with Crippen molar-refractivity contribution < 1.29 is 9.53 Å². The van der Waals surface area contributed by atoms with Crippen molar-refractivity contribution in [3.63, 3.8) is 0 Å². The van der Waals surface area contributed by atoms with Crippen LogP contribution in [0.2, 0.25) is 0 Å². The third-order valence-electron chi connectivity index (χ3n) is 3.32. The van der Waals surface area contributed by atoms with Gasteiger partial charge in [0.25, 0.3) is 0 Å². The molecule has 0 fully saturated rings. The van der Waals surface area contributed by atoms with Gasteiger partial charge in [0.15, 0.2) is 5.78 Å². The first-order valence-corrected chi connectivity index (χ1v) is 5.79. The number of hydrogen-bond donors (Lipinski definition) is 0. The number of ether oxygens (including phenoxy) is 1. The zero-order valence-corrected chi connectivity index (χ0v) is 10.2. The maximum Gasteiger partial charge on any atom is 0.159 e. The number of benzene rings is 1. The number of rotatable bonds is 1. The highest BCUT2D eigenvalue weighted by molar-refractivity contribution is 5.94. The van der Waals surface area contributed by atoms with Gasteiger partial charge in [-0.25, -0.2) is 0 Å². The third kappa shape index (κ3) is 1.97. The fourth-order valence-electron chi connectivity index (χ4n) is 2.23. The van der Waals surface area contributed by atoms with E-state index in [9.17, 15) is 4.79 Å². The Kier molecular flexibility index (Phi) is 2.75. The van der Waals surface area contributed by atoms with E-state index in [-0.39, 0.29) is 11.2 Å². The van der Waals surface area contributed by atoms with Crippen LogP contribution in [0.5, 0.6) is 5.75 Å². The van der Waals surface area contributed by atoms with Crippen LogP contribution in [0.1, 0.15) is 49.5 Å². The van der Waals surface area contributed by atoms with Gasteiger partial charge in [0.1, 0.15) is 5.75 Å². The van der Waals surface area contributed by atoms with Crippen LogP contribution >= 0.6 is 0 Å². The lowest BCUT2D eigenvalue weighted by Crippen LogP contribution is -2.16. The SMILES string of the molecule is CC(=O)c1ccc2c(c1)C(C)(C)CCCO2. The summed E-state index contributed by atoms with van der Waals surface area (Å²) in [6, 6.07) is 5.77. The van der Waals surface area contributed by atoms with Crippen LogP contribution in [-0.4, -0.2) is 12.4 Å². The standard InChI is InChI=1S/C14H18O2/c1-10(15)11-5-6-13-12(9-11)14(2,3)7-4-8-16-13/h5-6,9H,4,7-8H2,1-3H3. The van der Waals surface area contributed by atoms with Gasteiger partial charge in [-0.2, -0.15) is 0 Å². The van der Waals surface area contributed by atoms with Gasteiger partial charge in [-0.3, -0.25) is 4.79 Å². The highest BCUT2D eigenvalue weighted by Crippen LogP contribution is 2.38. The molecule has 1 aliphatic rings. The Hall–Kier alpha value is -1.31. The minimum absolute atomic E-state index is 0.0945. The Labute approximate surface area is 96.6 Å². The Morgan fingerprint density at radius 3 is 2.81 bits per heavy atom. The lowest BCUT2D eigenvalue weighted by atomic mass is 9.80. The van der Waals surface area contributed by atoms with Crippen LogP contribution in [0.3, 0.4) is 0 Å². The predicted molar refractivity (Wildman–Crippen MR) is 64.2 cm³/mol. The van der Waals surface area contributed by atoms with E-state index in [0.717, 1.165) is 36.3 Å². The molecule has 2 heteroatoms. The van der Waals surface area contributed by atoms with Crippen molar-refractivity contribution in [1.82, 2.24) is 0 Å². The average molecular weight is 218 g/mol. The normalized spacial score (nSPS) is 18.2. The number of carbonyl (C=O) groups excluding carboxylic acids is 1. The molecular formula is C14H18O2. The minimum atomic E-state index is 0.0945. The van der Waals surface area contributed by atoms with Crippen molar-refractivity contribution >= 4 is 5.78 Å². The molecule has 1 aromatic carbocycles. The summed E-state index contributed by atoms with van der Waals surface area (Å²) in [4.78, 5) is 11.4. The Morgan fingerprint density at radius 2 is 2.12 bits per heavy atom. The van der Waals surface area contributed by atoms with E-state index in [1.165, 1.54) is 0 Å². The summed E-state index contributed by atoms with van der Waals surface area (Å²) in [5, 5.41) is 0. The van der Waals surface area contributed by atoms with Gasteiger partial charge in [0.05, 0.1) is 6.61 Å². The highest BCUT2D eigenvalue weighted by atomic mass is 16.5. The van der Waals surface area contributed by atoms with Gasteiger partial charge in [-0.05, 0) is 43.4 Å². The predicted octanol–water partition coefficient (Wildman–Crippen LogP) is 3.34. The van der Waals surface area contributed by atoms with Crippen LogP contribution in [-0.2, 0) is 5.41 Å². The quantitative estimate of drug-likeness (QED) is 0.676. The average Bonchev–Trinajstić information content (AvgIpc) is 2.37. The van der Waals surface area contributed by atoms with E-state index < -0.39 is 0 Å². The van der Waals surface area contributed by atoms with Gasteiger partial charge in [0.2, 0.25) is 0 Å². The molecule has 1 aliphatic heterocycles. The summed E-state index contributed by atoms with van der Waals surface area (Å²) >= 11 is 0. The molecule has 0 unspecified atom stereocenters. The molecule has 2 rings (SSSR count). The van der Waals surface area contributed by atoms with Crippen molar-refractivity contribution in [3.05, 3.63) is 29.3 Å². The molecule has 0 amide bonds. The van der Waals surface area contributed by atoms with E-state index in [4.69, 9.17) is 4.74 Å². The monoisotopic (exact) mass is 218 g/mol. The molecule has 2 nitrogen and oxygen atoms in total. The smallest absolute Gasteiger partial charge is 0.159 e. The van der Waals surface area contributed by atoms with E-state index in [1.807, 2.05) is 18.2 Å². The maximum absolute atomic E-state index is 11.4. The first-order valence-electron chi connectivity index (χ1n) is 5.79. The number of hydrogen-bond acceptors (Lipinski definition) is 2. The number of carbonyl (C=O) groups is 1. The molecule has 0 atom stereocenters. The summed E-state index contributed by atoms with van der Waals surface area (Å²) in [6.07, 6.45) is 2.17. The van der Waals surface area contributed by atoms with Crippen LogP contribution in [0.15, 0.2) is 18.2 Å². The molecule has 0 saturated heterocycles. The Morgan fingerprint density at radius 1 is 1.38 bits per heavy atom. The second-order valence-electron chi connectivity index (χ2n) is 5.10. The van der Waals surface area contributed by atoms with Crippen LogP contribution in [0, 0.1) is 0 Å². The second kappa shape index (κ2) is 3.93. The molecule has 1 aromatic rings. The van der Waals surface area contributed by atoms with Gasteiger partial charge < -0.3 is 4.74 Å². The van der Waals surface area contributed by atoms with E-state index in [0.29, 0.717) is 0 Å². The molecule has 0 aromatic heterocycles. The molecular weight excluding hydrogens is 200 g/mol. The minimum Gasteiger partial charge on any atom is -0.493 e. The molecule has 86 valence electrons. The first kappa shape index (κ1) is 11.2. The van der Waals surface area contributed by atoms with Crippen molar-refractivity contribution in [2.45, 2.75) is 39.0 Å². The fourth-order valence-corrected chi connectivity index (χ4v) is 2.23. The van der Waals surface area contributed by atoms with Gasteiger partial charge in [0, 0.05) is 11.1 Å². The highest BCUT2D eigenvalue weighted by Gasteiger charge is 2.27. The summed E-state index contributed by atoms with van der Waals surface area (Å²) in [5.41, 5.74) is 2.03. The molecule has 0 aliphatic carbocycles. The van der Waals surface area contributed by atoms with Crippen molar-refractivity contribution in [3.8, 4) is 5.75 Å². The molecule has 0 saturated carbocycles. The third-order valence-corrected chi connectivity index (χ3v) is 3.32. The number of Topliss-reactive ketones (excluding diaryl/α,β-unsaturated/α-hetero) is 1. The number of fused-ring (bicyclic) bond motifs is 1. The van der Waals surface area contributed by atoms with Crippen molar-refractivity contribution in [2.24, 2.45) is 0 Å². The van der Waals surface area contributed by atoms with Crippen LogP contribution in [0.4, 0.5) is 0 Å². The molecule has 1 heterocycles.